The van der Waals surface area contributed by atoms with Crippen molar-refractivity contribution in [3.8, 4) is 6.07 Å². The Morgan fingerprint density at radius 3 is 2.59 bits per heavy atom. The van der Waals surface area contributed by atoms with E-state index in [0.717, 1.165) is 39.4 Å². The Kier molecular flexibility index (Phi) is 7.68. The Labute approximate surface area is 134 Å². The highest BCUT2D eigenvalue weighted by molar-refractivity contribution is 5.76. The minimum absolute atomic E-state index is 0.246. The van der Waals surface area contributed by atoms with E-state index in [1.165, 1.54) is 32.1 Å². The highest BCUT2D eigenvalue weighted by Crippen LogP contribution is 2.26. The van der Waals surface area contributed by atoms with Crippen LogP contribution in [0, 0.1) is 17.2 Å². The fourth-order valence-electron chi connectivity index (χ4n) is 3.40. The monoisotopic (exact) mass is 307 g/mol. The van der Waals surface area contributed by atoms with Gasteiger partial charge in [0.25, 0.3) is 0 Å². The molecule has 0 aromatic heterocycles. The Morgan fingerprint density at radius 1 is 1.18 bits per heavy atom. The van der Waals surface area contributed by atoms with E-state index in [0.29, 0.717) is 25.3 Å². The van der Waals surface area contributed by atoms with Gasteiger partial charge in [-0.05, 0) is 18.8 Å². The number of amides is 1. The highest BCUT2D eigenvalue weighted by atomic mass is 16.5. The van der Waals surface area contributed by atoms with Crippen molar-refractivity contribution in [3.05, 3.63) is 0 Å². The summed E-state index contributed by atoms with van der Waals surface area (Å²) in [5.41, 5.74) is 0. The molecule has 0 radical (unpaired) electrons. The molecule has 1 amide bonds. The molecule has 22 heavy (non-hydrogen) atoms. The third-order valence-electron chi connectivity index (χ3n) is 4.82. The van der Waals surface area contributed by atoms with Crippen molar-refractivity contribution in [2.75, 3.05) is 45.9 Å². The second-order valence-corrected chi connectivity index (χ2v) is 6.45. The third kappa shape index (κ3) is 5.94. The van der Waals surface area contributed by atoms with Crippen molar-refractivity contribution in [1.29, 1.82) is 5.26 Å². The average molecular weight is 307 g/mol. The van der Waals surface area contributed by atoms with Crippen LogP contribution in [-0.2, 0) is 9.53 Å². The number of rotatable bonds is 7. The first kappa shape index (κ1) is 17.2. The lowest BCUT2D eigenvalue weighted by Crippen LogP contribution is -2.43. The van der Waals surface area contributed by atoms with Gasteiger partial charge in [0.05, 0.1) is 25.7 Å². The van der Waals surface area contributed by atoms with Gasteiger partial charge in [-0.25, -0.2) is 0 Å². The molecule has 1 aliphatic heterocycles. The Balaban J connectivity index is 1.78. The molecule has 1 saturated carbocycles. The summed E-state index contributed by atoms with van der Waals surface area (Å²) in [5.74, 6) is 0.810. The summed E-state index contributed by atoms with van der Waals surface area (Å²) >= 11 is 0. The van der Waals surface area contributed by atoms with Crippen LogP contribution in [0.1, 0.15) is 44.9 Å². The van der Waals surface area contributed by atoms with Crippen molar-refractivity contribution in [3.63, 3.8) is 0 Å². The Hall–Kier alpha value is -1.12. The SMILES string of the molecule is N#CCCN(CCN1CCOCC1)C(=O)CC1CCCCC1. The minimum atomic E-state index is 0.246. The molecule has 1 heterocycles. The fourth-order valence-corrected chi connectivity index (χ4v) is 3.40. The lowest BCUT2D eigenvalue weighted by atomic mass is 9.86. The van der Waals surface area contributed by atoms with Crippen molar-refractivity contribution in [1.82, 2.24) is 9.80 Å². The van der Waals surface area contributed by atoms with Crippen LogP contribution in [-0.4, -0.2) is 61.6 Å². The van der Waals surface area contributed by atoms with Crippen LogP contribution in [0.2, 0.25) is 0 Å². The maximum absolute atomic E-state index is 12.6. The lowest BCUT2D eigenvalue weighted by Gasteiger charge is -2.31. The van der Waals surface area contributed by atoms with E-state index in [4.69, 9.17) is 10.00 Å². The first-order valence-corrected chi connectivity index (χ1v) is 8.74. The van der Waals surface area contributed by atoms with E-state index < -0.39 is 0 Å². The largest absolute Gasteiger partial charge is 0.379 e. The van der Waals surface area contributed by atoms with Crippen LogP contribution in [0.15, 0.2) is 0 Å². The van der Waals surface area contributed by atoms with Crippen LogP contribution in [0.5, 0.6) is 0 Å². The minimum Gasteiger partial charge on any atom is -0.379 e. The highest BCUT2D eigenvalue weighted by Gasteiger charge is 2.21. The number of hydrogen-bond acceptors (Lipinski definition) is 4. The zero-order chi connectivity index (χ0) is 15.6. The molecule has 0 spiro atoms. The normalized spacial score (nSPS) is 20.5. The van der Waals surface area contributed by atoms with Crippen molar-refractivity contribution in [2.24, 2.45) is 5.92 Å². The molecule has 5 nitrogen and oxygen atoms in total. The number of morpholine rings is 1. The molecule has 5 heteroatoms. The molecule has 0 unspecified atom stereocenters. The fraction of sp³-hybridized carbons (Fsp3) is 0.882. The standard InChI is InChI=1S/C17H29N3O2/c18-7-4-8-20(10-9-19-11-13-22-14-12-19)17(21)15-16-5-2-1-3-6-16/h16H,1-6,8-15H2. The van der Waals surface area contributed by atoms with Gasteiger partial charge < -0.3 is 9.64 Å². The van der Waals surface area contributed by atoms with Gasteiger partial charge in [-0.2, -0.15) is 5.26 Å². The quantitative estimate of drug-likeness (QED) is 0.722. The summed E-state index contributed by atoms with van der Waals surface area (Å²) in [5, 5.41) is 8.82. The van der Waals surface area contributed by atoms with Crippen molar-refractivity contribution >= 4 is 5.91 Å². The van der Waals surface area contributed by atoms with Crippen LogP contribution < -0.4 is 0 Å². The van der Waals surface area contributed by atoms with Gasteiger partial charge in [0.2, 0.25) is 5.91 Å². The molecular formula is C17H29N3O2. The first-order valence-electron chi connectivity index (χ1n) is 8.74. The summed E-state index contributed by atoms with van der Waals surface area (Å²) in [7, 11) is 0. The van der Waals surface area contributed by atoms with Crippen molar-refractivity contribution < 1.29 is 9.53 Å². The molecule has 0 N–H and O–H groups in total. The number of nitriles is 1. The van der Waals surface area contributed by atoms with Crippen molar-refractivity contribution in [2.45, 2.75) is 44.9 Å². The van der Waals surface area contributed by atoms with E-state index in [-0.39, 0.29) is 5.91 Å². The Bertz CT molecular complexity index is 369. The molecular weight excluding hydrogens is 278 g/mol. The topological polar surface area (TPSA) is 56.6 Å². The molecule has 0 atom stereocenters. The second-order valence-electron chi connectivity index (χ2n) is 6.45. The van der Waals surface area contributed by atoms with Gasteiger partial charge in [-0.15, -0.1) is 0 Å². The number of nitrogens with zero attached hydrogens (tertiary/aromatic N) is 3. The molecule has 1 saturated heterocycles. The molecule has 0 aromatic carbocycles. The van der Waals surface area contributed by atoms with E-state index in [1.807, 2.05) is 4.90 Å². The average Bonchev–Trinajstić information content (AvgIpc) is 2.56. The van der Waals surface area contributed by atoms with Crippen LogP contribution in [0.4, 0.5) is 0 Å². The predicted molar refractivity (Wildman–Crippen MR) is 85.3 cm³/mol. The van der Waals surface area contributed by atoms with Gasteiger partial charge >= 0.3 is 0 Å². The predicted octanol–water partition coefficient (Wildman–Crippen LogP) is 2.03. The molecule has 124 valence electrons. The number of carbonyl (C=O) groups excluding carboxylic acids is 1. The number of hydrogen-bond donors (Lipinski definition) is 0. The third-order valence-corrected chi connectivity index (χ3v) is 4.82. The van der Waals surface area contributed by atoms with E-state index >= 15 is 0 Å². The van der Waals surface area contributed by atoms with E-state index in [9.17, 15) is 4.79 Å². The maximum Gasteiger partial charge on any atom is 0.222 e. The van der Waals surface area contributed by atoms with Gasteiger partial charge in [-0.1, -0.05) is 19.3 Å². The summed E-state index contributed by atoms with van der Waals surface area (Å²) in [4.78, 5) is 16.8. The molecule has 0 bridgehead atoms. The zero-order valence-electron chi connectivity index (χ0n) is 13.6. The lowest BCUT2D eigenvalue weighted by molar-refractivity contribution is -0.132. The summed E-state index contributed by atoms with van der Waals surface area (Å²) < 4.78 is 5.35. The Morgan fingerprint density at radius 2 is 1.91 bits per heavy atom. The van der Waals surface area contributed by atoms with Crippen LogP contribution in [0.3, 0.4) is 0 Å². The second kappa shape index (κ2) is 9.81. The maximum atomic E-state index is 12.6. The number of ether oxygens (including phenoxy) is 1. The molecule has 2 aliphatic rings. The number of carbonyl (C=O) groups is 1. The molecule has 0 aromatic rings. The summed E-state index contributed by atoms with van der Waals surface area (Å²) in [6, 6.07) is 2.17. The molecule has 1 aliphatic carbocycles. The van der Waals surface area contributed by atoms with E-state index in [2.05, 4.69) is 11.0 Å². The zero-order valence-corrected chi connectivity index (χ0v) is 13.6. The molecule has 2 rings (SSSR count). The van der Waals surface area contributed by atoms with Gasteiger partial charge in [0, 0.05) is 39.1 Å². The summed E-state index contributed by atoms with van der Waals surface area (Å²) in [6.07, 6.45) is 7.35. The van der Waals surface area contributed by atoms with Gasteiger partial charge in [-0.3, -0.25) is 9.69 Å². The smallest absolute Gasteiger partial charge is 0.222 e. The molecule has 2 fully saturated rings. The van der Waals surface area contributed by atoms with Crippen LogP contribution >= 0.6 is 0 Å². The first-order chi connectivity index (χ1) is 10.8. The van der Waals surface area contributed by atoms with Gasteiger partial charge in [0.1, 0.15) is 0 Å². The van der Waals surface area contributed by atoms with Gasteiger partial charge in [0.15, 0.2) is 0 Å². The summed E-state index contributed by atoms with van der Waals surface area (Å²) in [6.45, 7) is 5.68. The van der Waals surface area contributed by atoms with E-state index in [1.54, 1.807) is 0 Å². The van der Waals surface area contributed by atoms with Crippen LogP contribution in [0.25, 0.3) is 0 Å².